The van der Waals surface area contributed by atoms with E-state index in [0.717, 1.165) is 29.5 Å². The van der Waals surface area contributed by atoms with Gasteiger partial charge in [0.05, 0.1) is 15.9 Å². The van der Waals surface area contributed by atoms with Crippen LogP contribution in [0.1, 0.15) is 25.7 Å². The number of thiazole rings is 1. The monoisotopic (exact) mass is 369 g/mol. The average Bonchev–Trinajstić information content (AvgIpc) is 3.23. The summed E-state index contributed by atoms with van der Waals surface area (Å²) in [4.78, 5) is 17.1. The predicted octanol–water partition coefficient (Wildman–Crippen LogP) is 4.56. The number of fused-ring (bicyclic) bond motifs is 1. The Morgan fingerprint density at radius 3 is 2.88 bits per heavy atom. The fourth-order valence-electron chi connectivity index (χ4n) is 3.55. The molecule has 4 rings (SSSR count). The Morgan fingerprint density at radius 1 is 1.27 bits per heavy atom. The second-order valence-electron chi connectivity index (χ2n) is 6.78. The molecule has 0 saturated heterocycles. The topological polar surface area (TPSA) is 68.0 Å². The molecule has 3 aromatic rings. The molecular formula is C20H20FN3OS. The highest BCUT2D eigenvalue weighted by Gasteiger charge is 2.26. The fourth-order valence-corrected chi connectivity index (χ4v) is 4.54. The van der Waals surface area contributed by atoms with E-state index in [1.807, 2.05) is 24.3 Å². The lowest BCUT2D eigenvalue weighted by Crippen LogP contribution is -2.28. The summed E-state index contributed by atoms with van der Waals surface area (Å²) in [6.45, 7) is 0. The van der Waals surface area contributed by atoms with Crippen LogP contribution in [0.4, 0.5) is 10.1 Å². The van der Waals surface area contributed by atoms with Crippen molar-refractivity contribution in [2.75, 3.05) is 5.32 Å². The van der Waals surface area contributed by atoms with Gasteiger partial charge in [-0.25, -0.2) is 9.37 Å². The van der Waals surface area contributed by atoms with Crippen LogP contribution in [-0.2, 0) is 4.79 Å². The van der Waals surface area contributed by atoms with Crippen molar-refractivity contribution in [2.45, 2.75) is 31.7 Å². The zero-order valence-electron chi connectivity index (χ0n) is 14.2. The van der Waals surface area contributed by atoms with Gasteiger partial charge < -0.3 is 11.1 Å². The van der Waals surface area contributed by atoms with Gasteiger partial charge in [0.25, 0.3) is 0 Å². The summed E-state index contributed by atoms with van der Waals surface area (Å²) >= 11 is 1.48. The molecule has 0 spiro atoms. The van der Waals surface area contributed by atoms with Gasteiger partial charge in [-0.05, 0) is 49.1 Å². The van der Waals surface area contributed by atoms with E-state index in [4.69, 9.17) is 5.73 Å². The number of amides is 1. The van der Waals surface area contributed by atoms with Gasteiger partial charge in [0, 0.05) is 18.0 Å². The number of rotatable bonds is 4. The summed E-state index contributed by atoms with van der Waals surface area (Å²) in [6.07, 6.45) is 3.44. The zero-order chi connectivity index (χ0) is 18.1. The van der Waals surface area contributed by atoms with Gasteiger partial charge in [-0.1, -0.05) is 18.6 Å². The minimum atomic E-state index is -0.352. The number of nitrogens with one attached hydrogen (secondary N) is 1. The Bertz CT molecular complexity index is 922. The Morgan fingerprint density at radius 2 is 2.12 bits per heavy atom. The minimum Gasteiger partial charge on any atom is -0.327 e. The molecule has 1 heterocycles. The second kappa shape index (κ2) is 7.13. The van der Waals surface area contributed by atoms with Crippen molar-refractivity contribution in [1.29, 1.82) is 0 Å². The van der Waals surface area contributed by atoms with Gasteiger partial charge in [0.2, 0.25) is 5.91 Å². The molecule has 2 aromatic carbocycles. The maximum absolute atomic E-state index is 13.9. The van der Waals surface area contributed by atoms with Crippen molar-refractivity contribution >= 4 is 33.1 Å². The second-order valence-corrected chi connectivity index (χ2v) is 7.81. The maximum Gasteiger partial charge on any atom is 0.224 e. The predicted molar refractivity (Wildman–Crippen MR) is 104 cm³/mol. The van der Waals surface area contributed by atoms with Gasteiger partial charge in [0.15, 0.2) is 0 Å². The van der Waals surface area contributed by atoms with Gasteiger partial charge >= 0.3 is 0 Å². The van der Waals surface area contributed by atoms with E-state index in [1.54, 1.807) is 6.07 Å². The molecule has 1 aliphatic rings. The summed E-state index contributed by atoms with van der Waals surface area (Å²) in [5.41, 5.74) is 8.13. The smallest absolute Gasteiger partial charge is 0.224 e. The van der Waals surface area contributed by atoms with Crippen LogP contribution in [0.3, 0.4) is 0 Å². The largest absolute Gasteiger partial charge is 0.327 e. The lowest BCUT2D eigenvalue weighted by atomic mass is 10.00. The number of anilines is 1. The van der Waals surface area contributed by atoms with E-state index in [-0.39, 0.29) is 23.7 Å². The van der Waals surface area contributed by atoms with E-state index in [9.17, 15) is 9.18 Å². The number of aromatic nitrogens is 1. The highest BCUT2D eigenvalue weighted by molar-refractivity contribution is 7.21. The number of nitrogens with zero attached hydrogens (tertiary/aromatic N) is 1. The molecular weight excluding hydrogens is 349 g/mol. The quantitative estimate of drug-likeness (QED) is 0.708. The first-order valence-electron chi connectivity index (χ1n) is 8.81. The van der Waals surface area contributed by atoms with Crippen molar-refractivity contribution < 1.29 is 9.18 Å². The first-order valence-corrected chi connectivity index (χ1v) is 9.63. The fraction of sp³-hybridized carbons (Fsp3) is 0.300. The van der Waals surface area contributed by atoms with Crippen LogP contribution >= 0.6 is 11.3 Å². The highest BCUT2D eigenvalue weighted by atomic mass is 32.1. The maximum atomic E-state index is 13.9. The number of carbonyl (C=O) groups excluding carboxylic acids is 1. The Balaban J connectivity index is 1.61. The van der Waals surface area contributed by atoms with Crippen LogP contribution in [0.5, 0.6) is 0 Å². The van der Waals surface area contributed by atoms with E-state index >= 15 is 0 Å². The van der Waals surface area contributed by atoms with E-state index < -0.39 is 0 Å². The average molecular weight is 369 g/mol. The Hall–Kier alpha value is -2.31. The number of hydrogen-bond acceptors (Lipinski definition) is 4. The molecule has 1 saturated carbocycles. The normalized spacial score (nSPS) is 19.8. The van der Waals surface area contributed by atoms with Crippen LogP contribution in [-0.4, -0.2) is 16.9 Å². The number of hydrogen-bond donors (Lipinski definition) is 2. The van der Waals surface area contributed by atoms with Gasteiger partial charge in [0.1, 0.15) is 10.8 Å². The zero-order valence-corrected chi connectivity index (χ0v) is 15.1. The Labute approximate surface area is 155 Å². The lowest BCUT2D eigenvalue weighted by Gasteiger charge is -2.15. The lowest BCUT2D eigenvalue weighted by molar-refractivity contribution is -0.117. The van der Waals surface area contributed by atoms with Crippen LogP contribution in [0.25, 0.3) is 20.8 Å². The van der Waals surface area contributed by atoms with Crippen molar-refractivity contribution in [2.24, 2.45) is 11.7 Å². The molecule has 1 amide bonds. The van der Waals surface area contributed by atoms with Crippen molar-refractivity contribution in [1.82, 2.24) is 4.98 Å². The molecule has 0 unspecified atom stereocenters. The van der Waals surface area contributed by atoms with E-state index in [1.165, 1.54) is 23.5 Å². The Kier molecular flexibility index (Phi) is 4.70. The van der Waals surface area contributed by atoms with Crippen molar-refractivity contribution in [3.05, 3.63) is 48.3 Å². The van der Waals surface area contributed by atoms with Crippen LogP contribution in [0, 0.1) is 11.7 Å². The molecule has 1 aromatic heterocycles. The third kappa shape index (κ3) is 3.48. The highest BCUT2D eigenvalue weighted by Crippen LogP contribution is 2.35. The summed E-state index contributed by atoms with van der Waals surface area (Å²) in [5, 5.41) is 3.63. The minimum absolute atomic E-state index is 0.0821. The molecule has 26 heavy (non-hydrogen) atoms. The molecule has 1 aliphatic carbocycles. The first-order chi connectivity index (χ1) is 12.6. The number of halogens is 1. The summed E-state index contributed by atoms with van der Waals surface area (Å²) in [6, 6.07) is 12.3. The molecule has 1 fully saturated rings. The molecule has 3 N–H and O–H groups in total. The van der Waals surface area contributed by atoms with Crippen LogP contribution < -0.4 is 11.1 Å². The molecule has 2 atom stereocenters. The third-order valence-corrected chi connectivity index (χ3v) is 6.02. The van der Waals surface area contributed by atoms with Crippen LogP contribution in [0.2, 0.25) is 0 Å². The summed E-state index contributed by atoms with van der Waals surface area (Å²) < 4.78 is 14.9. The van der Waals surface area contributed by atoms with Crippen LogP contribution in [0.15, 0.2) is 42.5 Å². The molecule has 0 bridgehead atoms. The van der Waals surface area contributed by atoms with E-state index in [0.29, 0.717) is 22.7 Å². The molecule has 134 valence electrons. The first kappa shape index (κ1) is 17.1. The number of benzene rings is 2. The van der Waals surface area contributed by atoms with Gasteiger partial charge in [-0.3, -0.25) is 4.79 Å². The summed E-state index contributed by atoms with van der Waals surface area (Å²) in [5.74, 6) is -0.210. The van der Waals surface area contributed by atoms with E-state index in [2.05, 4.69) is 10.3 Å². The number of para-hydroxylation sites is 1. The summed E-state index contributed by atoms with van der Waals surface area (Å²) in [7, 11) is 0. The number of nitrogens with two attached hydrogens (primary N) is 1. The molecule has 4 nitrogen and oxygen atoms in total. The molecule has 0 radical (unpaired) electrons. The van der Waals surface area contributed by atoms with Crippen molar-refractivity contribution in [3.8, 4) is 10.6 Å². The number of carbonyl (C=O) groups is 1. The third-order valence-electron chi connectivity index (χ3n) is 4.95. The van der Waals surface area contributed by atoms with Crippen molar-refractivity contribution in [3.63, 3.8) is 0 Å². The van der Waals surface area contributed by atoms with Gasteiger partial charge in [-0.2, -0.15) is 0 Å². The standard InChI is InChI=1S/C20H20FN3OS/c21-13-8-9-16(23-19(25)10-12-4-3-5-15(12)22)14(11-13)20-24-17-6-1-2-7-18(17)26-20/h1-2,6-9,11-12,15H,3-5,10,22H2,(H,23,25)/t12-,15+/m0/s1. The van der Waals surface area contributed by atoms with Gasteiger partial charge in [-0.15, -0.1) is 11.3 Å². The molecule has 6 heteroatoms. The SMILES string of the molecule is N[C@@H]1CCC[C@H]1CC(=O)Nc1ccc(F)cc1-c1nc2ccccc2s1. The molecule has 0 aliphatic heterocycles.